The molecule has 1 saturated heterocycles. The van der Waals surface area contributed by atoms with Gasteiger partial charge in [0.1, 0.15) is 0 Å². The summed E-state index contributed by atoms with van der Waals surface area (Å²) in [4.78, 5) is 12.3. The monoisotopic (exact) mass is 304 g/mol. The van der Waals surface area contributed by atoms with Crippen LogP contribution in [0.4, 0.5) is 0 Å². The largest absolute Gasteiger partial charge is 0.381 e. The summed E-state index contributed by atoms with van der Waals surface area (Å²) in [7, 11) is 0. The van der Waals surface area contributed by atoms with E-state index in [0.717, 1.165) is 12.8 Å². The van der Waals surface area contributed by atoms with Gasteiger partial charge in [-0.25, -0.2) is 0 Å². The van der Waals surface area contributed by atoms with Gasteiger partial charge in [-0.15, -0.1) is 0 Å². The summed E-state index contributed by atoms with van der Waals surface area (Å²) < 4.78 is 5.32. The Hall–Kier alpha value is -1.39. The fourth-order valence-electron chi connectivity index (χ4n) is 2.82. The quantitative estimate of drug-likeness (QED) is 0.876. The van der Waals surface area contributed by atoms with Crippen molar-refractivity contribution < 1.29 is 9.53 Å². The number of amides is 1. The topological polar surface area (TPSA) is 64.4 Å². The molecule has 4 nitrogen and oxygen atoms in total. The first kappa shape index (κ1) is 17.0. The molecule has 3 N–H and O–H groups in total. The summed E-state index contributed by atoms with van der Waals surface area (Å²) >= 11 is 0. The van der Waals surface area contributed by atoms with Crippen LogP contribution in [-0.4, -0.2) is 31.7 Å². The number of carbonyl (C=O) groups is 1. The van der Waals surface area contributed by atoms with Crippen LogP contribution >= 0.6 is 0 Å². The first-order valence-corrected chi connectivity index (χ1v) is 8.08. The molecular weight excluding hydrogens is 276 g/mol. The third kappa shape index (κ3) is 4.31. The molecule has 0 bridgehead atoms. The summed E-state index contributed by atoms with van der Waals surface area (Å²) in [5, 5.41) is 3.03. The first-order chi connectivity index (χ1) is 10.4. The molecule has 1 heterocycles. The molecule has 22 heavy (non-hydrogen) atoms. The van der Waals surface area contributed by atoms with Gasteiger partial charge in [0.15, 0.2) is 0 Å². The maximum atomic E-state index is 12.3. The molecule has 0 radical (unpaired) electrons. The van der Waals surface area contributed by atoms with Crippen LogP contribution < -0.4 is 11.1 Å². The molecule has 0 aliphatic carbocycles. The lowest BCUT2D eigenvalue weighted by molar-refractivity contribution is -0.124. The third-order valence-electron chi connectivity index (χ3n) is 4.61. The minimum atomic E-state index is -0.433. The van der Waals surface area contributed by atoms with Gasteiger partial charge in [-0.2, -0.15) is 0 Å². The molecule has 2 rings (SSSR count). The molecule has 1 aromatic rings. The van der Waals surface area contributed by atoms with E-state index < -0.39 is 6.04 Å². The molecular formula is C18H28N2O2. The second-order valence-corrected chi connectivity index (χ2v) is 6.94. The van der Waals surface area contributed by atoms with Crippen molar-refractivity contribution in [2.45, 2.75) is 45.1 Å². The van der Waals surface area contributed by atoms with Crippen molar-refractivity contribution in [3.8, 4) is 0 Å². The molecule has 1 aromatic carbocycles. The van der Waals surface area contributed by atoms with Gasteiger partial charge in [0, 0.05) is 25.2 Å². The fraction of sp³-hybridized carbons (Fsp3) is 0.611. The van der Waals surface area contributed by atoms with Gasteiger partial charge in [0.25, 0.3) is 0 Å². The lowest BCUT2D eigenvalue weighted by Crippen LogP contribution is -2.49. The highest BCUT2D eigenvalue weighted by Gasteiger charge is 2.28. The summed E-state index contributed by atoms with van der Waals surface area (Å²) in [6, 6.07) is 8.02. The van der Waals surface area contributed by atoms with E-state index in [4.69, 9.17) is 10.5 Å². The Morgan fingerprint density at radius 2 is 1.91 bits per heavy atom. The van der Waals surface area contributed by atoms with Crippen molar-refractivity contribution in [2.75, 3.05) is 19.8 Å². The van der Waals surface area contributed by atoms with Crippen molar-refractivity contribution in [1.29, 1.82) is 0 Å². The molecule has 0 saturated carbocycles. The number of nitrogens with one attached hydrogen (secondary N) is 1. The normalized spacial score (nSPS) is 18.0. The minimum absolute atomic E-state index is 0.0490. The predicted molar refractivity (Wildman–Crippen MR) is 88.7 cm³/mol. The van der Waals surface area contributed by atoms with E-state index >= 15 is 0 Å². The van der Waals surface area contributed by atoms with Gasteiger partial charge in [-0.1, -0.05) is 43.7 Å². The van der Waals surface area contributed by atoms with Crippen LogP contribution in [0.15, 0.2) is 24.3 Å². The number of carbonyl (C=O) groups excluding carboxylic acids is 1. The molecule has 1 amide bonds. The zero-order valence-corrected chi connectivity index (χ0v) is 13.9. The van der Waals surface area contributed by atoms with Crippen LogP contribution in [-0.2, 0) is 14.9 Å². The molecule has 0 aromatic heterocycles. The van der Waals surface area contributed by atoms with Crippen LogP contribution in [0.1, 0.15) is 37.8 Å². The lowest BCUT2D eigenvalue weighted by Gasteiger charge is -2.29. The maximum Gasteiger partial charge on any atom is 0.237 e. The number of nitrogens with two attached hydrogens (primary N) is 1. The molecule has 1 aliphatic rings. The van der Waals surface area contributed by atoms with Crippen LogP contribution in [0.25, 0.3) is 0 Å². The van der Waals surface area contributed by atoms with Crippen LogP contribution in [0, 0.1) is 12.8 Å². The Labute approximate surface area is 133 Å². The van der Waals surface area contributed by atoms with Crippen molar-refractivity contribution in [3.05, 3.63) is 35.4 Å². The number of rotatable bonds is 5. The standard InChI is InChI=1S/C18H28N2O2/c1-13-4-6-15(7-5-13)18(2,3)12-20-17(21)16(19)14-8-10-22-11-9-14/h4-7,14,16H,8-12,19H2,1-3H3,(H,20,21). The first-order valence-electron chi connectivity index (χ1n) is 8.08. The van der Waals surface area contributed by atoms with Crippen molar-refractivity contribution in [3.63, 3.8) is 0 Å². The lowest BCUT2D eigenvalue weighted by atomic mass is 9.84. The van der Waals surface area contributed by atoms with Crippen molar-refractivity contribution >= 4 is 5.91 Å². The van der Waals surface area contributed by atoms with Crippen molar-refractivity contribution in [1.82, 2.24) is 5.32 Å². The highest BCUT2D eigenvalue weighted by atomic mass is 16.5. The fourth-order valence-corrected chi connectivity index (χ4v) is 2.82. The molecule has 122 valence electrons. The van der Waals surface area contributed by atoms with E-state index in [1.807, 2.05) is 0 Å². The highest BCUT2D eigenvalue weighted by Crippen LogP contribution is 2.23. The minimum Gasteiger partial charge on any atom is -0.381 e. The van der Waals surface area contributed by atoms with Gasteiger partial charge < -0.3 is 15.8 Å². The van der Waals surface area contributed by atoms with Crippen LogP contribution in [0.3, 0.4) is 0 Å². The smallest absolute Gasteiger partial charge is 0.237 e. The zero-order chi connectivity index (χ0) is 16.2. The van der Waals surface area contributed by atoms with E-state index in [1.165, 1.54) is 11.1 Å². The number of benzene rings is 1. The Morgan fingerprint density at radius 3 is 2.50 bits per heavy atom. The SMILES string of the molecule is Cc1ccc(C(C)(C)CNC(=O)C(N)C2CCOCC2)cc1. The van der Waals surface area contributed by atoms with Gasteiger partial charge in [-0.05, 0) is 31.2 Å². The molecule has 1 aliphatic heterocycles. The van der Waals surface area contributed by atoms with Gasteiger partial charge in [0.05, 0.1) is 6.04 Å². The van der Waals surface area contributed by atoms with Gasteiger partial charge in [0.2, 0.25) is 5.91 Å². The highest BCUT2D eigenvalue weighted by molar-refractivity contribution is 5.81. The average molecular weight is 304 g/mol. The second-order valence-electron chi connectivity index (χ2n) is 6.94. The molecule has 0 spiro atoms. The number of hydrogen-bond donors (Lipinski definition) is 2. The van der Waals surface area contributed by atoms with E-state index in [2.05, 4.69) is 50.4 Å². The Kier molecular flexibility index (Phi) is 5.59. The van der Waals surface area contributed by atoms with Crippen molar-refractivity contribution in [2.24, 2.45) is 11.7 Å². The maximum absolute atomic E-state index is 12.3. The molecule has 1 fully saturated rings. The summed E-state index contributed by atoms with van der Waals surface area (Å²) in [5.41, 5.74) is 8.46. The number of hydrogen-bond acceptors (Lipinski definition) is 3. The third-order valence-corrected chi connectivity index (χ3v) is 4.61. The predicted octanol–water partition coefficient (Wildman–Crippen LogP) is 2.14. The molecule has 4 heteroatoms. The summed E-state index contributed by atoms with van der Waals surface area (Å²) in [5.74, 6) is 0.184. The molecule has 1 atom stereocenters. The Balaban J connectivity index is 1.90. The summed E-state index contributed by atoms with van der Waals surface area (Å²) in [6.07, 6.45) is 1.74. The van der Waals surface area contributed by atoms with E-state index in [0.29, 0.717) is 19.8 Å². The average Bonchev–Trinajstić information content (AvgIpc) is 2.53. The van der Waals surface area contributed by atoms with E-state index in [1.54, 1.807) is 0 Å². The molecule has 1 unspecified atom stereocenters. The van der Waals surface area contributed by atoms with E-state index in [-0.39, 0.29) is 17.2 Å². The Bertz CT molecular complexity index is 490. The van der Waals surface area contributed by atoms with Crippen LogP contribution in [0.5, 0.6) is 0 Å². The second kappa shape index (κ2) is 7.25. The van der Waals surface area contributed by atoms with E-state index in [9.17, 15) is 4.79 Å². The van der Waals surface area contributed by atoms with Gasteiger partial charge in [-0.3, -0.25) is 4.79 Å². The number of ether oxygens (including phenoxy) is 1. The number of aryl methyl sites for hydroxylation is 1. The zero-order valence-electron chi connectivity index (χ0n) is 13.9. The summed E-state index contributed by atoms with van der Waals surface area (Å²) in [6.45, 7) is 8.36. The Morgan fingerprint density at radius 1 is 1.32 bits per heavy atom. The van der Waals surface area contributed by atoms with Crippen LogP contribution in [0.2, 0.25) is 0 Å². The van der Waals surface area contributed by atoms with Gasteiger partial charge >= 0.3 is 0 Å².